The fraction of sp³-hybridized carbons (Fsp3) is 0.714. The lowest BCUT2D eigenvalue weighted by Crippen LogP contribution is -2.37. The smallest absolute Gasteiger partial charge is 0.223 e. The van der Waals surface area contributed by atoms with Crippen molar-refractivity contribution in [3.63, 3.8) is 0 Å². The van der Waals surface area contributed by atoms with Crippen LogP contribution in [0.2, 0.25) is 0 Å². The largest absolute Gasteiger partial charge is 0.343 e. The maximum Gasteiger partial charge on any atom is 0.223 e. The van der Waals surface area contributed by atoms with Crippen molar-refractivity contribution in [3.8, 4) is 0 Å². The molecule has 106 valence electrons. The van der Waals surface area contributed by atoms with Gasteiger partial charge in [-0.3, -0.25) is 9.48 Å². The number of likely N-dealkylation sites (tertiary alicyclic amines) is 1. The van der Waals surface area contributed by atoms with E-state index in [1.165, 1.54) is 24.8 Å². The van der Waals surface area contributed by atoms with Gasteiger partial charge in [0.25, 0.3) is 0 Å². The summed E-state index contributed by atoms with van der Waals surface area (Å²) in [6.07, 6.45) is 9.10. The molecule has 1 aromatic heterocycles. The minimum Gasteiger partial charge on any atom is -0.343 e. The van der Waals surface area contributed by atoms with Crippen LogP contribution in [0.15, 0.2) is 12.4 Å². The molecule has 1 N–H and O–H groups in total. The van der Waals surface area contributed by atoms with Gasteiger partial charge in [-0.05, 0) is 37.8 Å². The average molecular weight is 264 g/mol. The fourth-order valence-corrected chi connectivity index (χ4v) is 2.46. The molecule has 0 atom stereocenters. The number of amides is 1. The molecule has 2 rings (SSSR count). The van der Waals surface area contributed by atoms with Crippen LogP contribution in [0, 0.1) is 0 Å². The minimum absolute atomic E-state index is 0.300. The summed E-state index contributed by atoms with van der Waals surface area (Å²) in [4.78, 5) is 13.9. The third-order valence-corrected chi connectivity index (χ3v) is 3.57. The number of carbonyl (C=O) groups excluding carboxylic acids is 1. The molecule has 1 aromatic rings. The number of hydrogen-bond donors (Lipinski definition) is 1. The van der Waals surface area contributed by atoms with Crippen molar-refractivity contribution in [2.45, 2.75) is 32.1 Å². The molecular weight excluding hydrogens is 240 g/mol. The van der Waals surface area contributed by atoms with Crippen LogP contribution in [0.1, 0.15) is 31.2 Å². The molecule has 1 amide bonds. The van der Waals surface area contributed by atoms with E-state index < -0.39 is 0 Å². The maximum atomic E-state index is 11.9. The molecule has 1 aliphatic rings. The number of carbonyl (C=O) groups is 1. The van der Waals surface area contributed by atoms with Crippen LogP contribution in [0.3, 0.4) is 0 Å². The monoisotopic (exact) mass is 264 g/mol. The van der Waals surface area contributed by atoms with Crippen LogP contribution < -0.4 is 5.32 Å². The molecule has 0 unspecified atom stereocenters. The predicted molar refractivity (Wildman–Crippen MR) is 74.8 cm³/mol. The standard InChI is InChI=1S/C14H24N4O/c1-17-12-13(11-16-17)5-7-15-8-6-14(19)18-9-3-2-4-10-18/h11-12,15H,2-10H2,1H3. The highest BCUT2D eigenvalue weighted by Crippen LogP contribution is 2.09. The maximum absolute atomic E-state index is 11.9. The Hall–Kier alpha value is -1.36. The first-order valence-electron chi connectivity index (χ1n) is 7.22. The molecule has 0 aliphatic carbocycles. The molecule has 1 aliphatic heterocycles. The van der Waals surface area contributed by atoms with E-state index in [1.54, 1.807) is 0 Å². The molecule has 0 bridgehead atoms. The lowest BCUT2D eigenvalue weighted by atomic mass is 10.1. The van der Waals surface area contributed by atoms with Gasteiger partial charge in [-0.25, -0.2) is 0 Å². The highest BCUT2D eigenvalue weighted by atomic mass is 16.2. The molecule has 2 heterocycles. The number of piperidine rings is 1. The van der Waals surface area contributed by atoms with E-state index in [9.17, 15) is 4.79 Å². The molecule has 1 saturated heterocycles. The van der Waals surface area contributed by atoms with Gasteiger partial charge in [-0.1, -0.05) is 0 Å². The van der Waals surface area contributed by atoms with Crippen LogP contribution in [0.5, 0.6) is 0 Å². The van der Waals surface area contributed by atoms with Gasteiger partial charge in [0.2, 0.25) is 5.91 Å². The zero-order valence-electron chi connectivity index (χ0n) is 11.8. The van der Waals surface area contributed by atoms with E-state index in [1.807, 2.05) is 29.0 Å². The van der Waals surface area contributed by atoms with Crippen molar-refractivity contribution in [1.29, 1.82) is 0 Å². The molecule has 0 radical (unpaired) electrons. The first-order chi connectivity index (χ1) is 9.25. The van der Waals surface area contributed by atoms with Gasteiger partial charge in [0.05, 0.1) is 6.20 Å². The molecule has 0 aromatic carbocycles. The topological polar surface area (TPSA) is 50.2 Å². The number of nitrogens with zero attached hydrogens (tertiary/aromatic N) is 3. The van der Waals surface area contributed by atoms with E-state index in [-0.39, 0.29) is 0 Å². The SMILES string of the molecule is Cn1cc(CCNCCC(=O)N2CCCCC2)cn1. The second-order valence-electron chi connectivity index (χ2n) is 5.21. The van der Waals surface area contributed by atoms with Gasteiger partial charge >= 0.3 is 0 Å². The average Bonchev–Trinajstić information content (AvgIpc) is 2.85. The molecular formula is C14H24N4O. The summed E-state index contributed by atoms with van der Waals surface area (Å²) in [5.41, 5.74) is 1.23. The van der Waals surface area contributed by atoms with Crippen molar-refractivity contribution in [2.24, 2.45) is 7.05 Å². The van der Waals surface area contributed by atoms with E-state index in [0.29, 0.717) is 12.3 Å². The number of aromatic nitrogens is 2. The number of hydrogen-bond acceptors (Lipinski definition) is 3. The highest BCUT2D eigenvalue weighted by molar-refractivity contribution is 5.76. The Morgan fingerprint density at radius 1 is 1.32 bits per heavy atom. The number of aryl methyl sites for hydroxylation is 1. The van der Waals surface area contributed by atoms with Crippen molar-refractivity contribution >= 4 is 5.91 Å². The summed E-state index contributed by atoms with van der Waals surface area (Å²) in [5, 5.41) is 7.46. The molecule has 0 spiro atoms. The number of nitrogens with one attached hydrogen (secondary N) is 1. The summed E-state index contributed by atoms with van der Waals surface area (Å²) >= 11 is 0. The van der Waals surface area contributed by atoms with Crippen molar-refractivity contribution in [1.82, 2.24) is 20.0 Å². The van der Waals surface area contributed by atoms with Crippen LogP contribution in [-0.4, -0.2) is 46.8 Å². The second kappa shape index (κ2) is 7.28. The Morgan fingerprint density at radius 2 is 2.11 bits per heavy atom. The first-order valence-corrected chi connectivity index (χ1v) is 7.22. The zero-order chi connectivity index (χ0) is 13.5. The van der Waals surface area contributed by atoms with Crippen molar-refractivity contribution < 1.29 is 4.79 Å². The summed E-state index contributed by atoms with van der Waals surface area (Å²) in [6, 6.07) is 0. The third-order valence-electron chi connectivity index (χ3n) is 3.57. The van der Waals surface area contributed by atoms with Gasteiger partial charge in [-0.15, -0.1) is 0 Å². The summed E-state index contributed by atoms with van der Waals surface area (Å²) < 4.78 is 1.81. The van der Waals surface area contributed by atoms with E-state index in [0.717, 1.165) is 32.6 Å². The lowest BCUT2D eigenvalue weighted by molar-refractivity contribution is -0.131. The third kappa shape index (κ3) is 4.67. The Bertz CT molecular complexity index is 396. The number of rotatable bonds is 6. The Labute approximate surface area is 115 Å². The van der Waals surface area contributed by atoms with E-state index >= 15 is 0 Å². The first kappa shape index (κ1) is 14.1. The van der Waals surface area contributed by atoms with Gasteiger partial charge < -0.3 is 10.2 Å². The fourth-order valence-electron chi connectivity index (χ4n) is 2.46. The summed E-state index contributed by atoms with van der Waals surface area (Å²) in [6.45, 7) is 3.58. The minimum atomic E-state index is 0.300. The Balaban J connectivity index is 1.55. The molecule has 19 heavy (non-hydrogen) atoms. The lowest BCUT2D eigenvalue weighted by Gasteiger charge is -2.26. The summed E-state index contributed by atoms with van der Waals surface area (Å²) in [5.74, 6) is 0.300. The van der Waals surface area contributed by atoms with Crippen LogP contribution >= 0.6 is 0 Å². The van der Waals surface area contributed by atoms with E-state index in [2.05, 4.69) is 10.4 Å². The quantitative estimate of drug-likeness (QED) is 0.779. The van der Waals surface area contributed by atoms with E-state index in [4.69, 9.17) is 0 Å². The van der Waals surface area contributed by atoms with Crippen LogP contribution in [-0.2, 0) is 18.3 Å². The Kier molecular flexibility index (Phi) is 5.39. The molecule has 5 heteroatoms. The highest BCUT2D eigenvalue weighted by Gasteiger charge is 2.15. The zero-order valence-corrected chi connectivity index (χ0v) is 11.8. The van der Waals surface area contributed by atoms with Crippen molar-refractivity contribution in [2.75, 3.05) is 26.2 Å². The Morgan fingerprint density at radius 3 is 2.79 bits per heavy atom. The predicted octanol–water partition coefficient (Wildman–Crippen LogP) is 0.955. The molecule has 5 nitrogen and oxygen atoms in total. The van der Waals surface area contributed by atoms with Crippen molar-refractivity contribution in [3.05, 3.63) is 18.0 Å². The summed E-state index contributed by atoms with van der Waals surface area (Å²) in [7, 11) is 1.92. The second-order valence-corrected chi connectivity index (χ2v) is 5.21. The van der Waals surface area contributed by atoms with Gasteiger partial charge in [-0.2, -0.15) is 5.10 Å². The van der Waals surface area contributed by atoms with Gasteiger partial charge in [0.1, 0.15) is 0 Å². The molecule has 0 saturated carbocycles. The normalized spacial score (nSPS) is 15.7. The van der Waals surface area contributed by atoms with Crippen LogP contribution in [0.4, 0.5) is 0 Å². The van der Waals surface area contributed by atoms with Gasteiger partial charge in [0, 0.05) is 39.3 Å². The molecule has 1 fully saturated rings. The van der Waals surface area contributed by atoms with Gasteiger partial charge in [0.15, 0.2) is 0 Å². The van der Waals surface area contributed by atoms with Crippen LogP contribution in [0.25, 0.3) is 0 Å².